The molecule has 2 aromatic carbocycles. The summed E-state index contributed by atoms with van der Waals surface area (Å²) in [5.41, 5.74) is 3.01. The molecular formula is C36H40O6. The molecule has 3 aliphatic carbocycles. The van der Waals surface area contributed by atoms with Crippen LogP contribution in [0.25, 0.3) is 0 Å². The number of ether oxygens (including phenoxy) is 5. The fourth-order valence-electron chi connectivity index (χ4n) is 8.85. The molecule has 2 bridgehead atoms. The lowest BCUT2D eigenvalue weighted by Crippen LogP contribution is -2.73. The fourth-order valence-corrected chi connectivity index (χ4v) is 8.85. The quantitative estimate of drug-likeness (QED) is 0.337. The summed E-state index contributed by atoms with van der Waals surface area (Å²) >= 11 is 0. The summed E-state index contributed by atoms with van der Waals surface area (Å²) in [4.78, 5) is 13.2. The van der Waals surface area contributed by atoms with E-state index in [2.05, 4.69) is 58.0 Å². The summed E-state index contributed by atoms with van der Waals surface area (Å²) in [6.45, 7) is 14.7. The summed E-state index contributed by atoms with van der Waals surface area (Å²) < 4.78 is 32.6. The second-order valence-corrected chi connectivity index (χ2v) is 13.5. The molecular weight excluding hydrogens is 528 g/mol. The van der Waals surface area contributed by atoms with Crippen LogP contribution < -0.4 is 0 Å². The van der Waals surface area contributed by atoms with E-state index in [0.29, 0.717) is 32.7 Å². The highest BCUT2D eigenvalue weighted by Crippen LogP contribution is 2.67. The van der Waals surface area contributed by atoms with Gasteiger partial charge < -0.3 is 23.7 Å². The van der Waals surface area contributed by atoms with Crippen LogP contribution in [0.1, 0.15) is 58.1 Å². The number of benzene rings is 2. The molecule has 2 heterocycles. The Bertz CT molecular complexity index is 1470. The van der Waals surface area contributed by atoms with Gasteiger partial charge in [-0.05, 0) is 49.0 Å². The Morgan fingerprint density at radius 1 is 0.976 bits per heavy atom. The standard InChI is InChI=1S/C36H40O6/c1-23-16-17-36-31(41-32(37)42-36)30-34(5,19-24(2)29(23)33(36,3)4)27(38-20-25-12-8-6-9-13-25)18-28-35(30,22-39-28)40-21-26-14-10-7-11-15-26/h6-15,18,27,30-31H,2,16-17,19-22H2,1,3-5H3/t27-,30-,31-,34+,35-,36-/m0/s1. The van der Waals surface area contributed by atoms with Crippen molar-refractivity contribution in [1.29, 1.82) is 0 Å². The van der Waals surface area contributed by atoms with Crippen LogP contribution in [0.4, 0.5) is 4.79 Å². The summed E-state index contributed by atoms with van der Waals surface area (Å²) in [5, 5.41) is 0. The summed E-state index contributed by atoms with van der Waals surface area (Å²) in [6.07, 6.45) is 2.76. The van der Waals surface area contributed by atoms with E-state index in [1.165, 1.54) is 11.1 Å². The maximum absolute atomic E-state index is 13.2. The van der Waals surface area contributed by atoms with Gasteiger partial charge in [0, 0.05) is 16.7 Å². The van der Waals surface area contributed by atoms with Gasteiger partial charge in [0.25, 0.3) is 0 Å². The molecule has 6 heteroatoms. The number of rotatable bonds is 6. The molecule has 3 fully saturated rings. The molecule has 5 aliphatic rings. The molecule has 0 radical (unpaired) electrons. The van der Waals surface area contributed by atoms with Crippen molar-refractivity contribution >= 4 is 6.16 Å². The van der Waals surface area contributed by atoms with Crippen molar-refractivity contribution in [3.63, 3.8) is 0 Å². The zero-order valence-electron chi connectivity index (χ0n) is 25.0. The number of allylic oxidation sites excluding steroid dienone is 2. The van der Waals surface area contributed by atoms with Crippen molar-refractivity contribution in [2.24, 2.45) is 16.7 Å². The van der Waals surface area contributed by atoms with E-state index in [4.69, 9.17) is 30.3 Å². The Morgan fingerprint density at radius 2 is 1.64 bits per heavy atom. The number of carbonyl (C=O) groups excluding carboxylic acids is 1. The lowest BCUT2D eigenvalue weighted by Gasteiger charge is -2.64. The van der Waals surface area contributed by atoms with E-state index < -0.39 is 34.3 Å². The first-order valence-electron chi connectivity index (χ1n) is 15.1. The number of hydrogen-bond acceptors (Lipinski definition) is 6. The average Bonchev–Trinajstić information content (AvgIpc) is 3.29. The van der Waals surface area contributed by atoms with Crippen molar-refractivity contribution in [3.8, 4) is 0 Å². The van der Waals surface area contributed by atoms with Crippen molar-refractivity contribution in [1.82, 2.24) is 0 Å². The van der Waals surface area contributed by atoms with Gasteiger partial charge in [-0.3, -0.25) is 0 Å². The summed E-state index contributed by atoms with van der Waals surface area (Å²) in [7, 11) is 0. The predicted octanol–water partition coefficient (Wildman–Crippen LogP) is 7.45. The molecule has 7 rings (SSSR count). The second kappa shape index (κ2) is 9.58. The van der Waals surface area contributed by atoms with Crippen LogP contribution in [0.5, 0.6) is 0 Å². The van der Waals surface area contributed by atoms with Gasteiger partial charge in [0.05, 0.1) is 19.3 Å². The molecule has 0 aromatic heterocycles. The van der Waals surface area contributed by atoms with Gasteiger partial charge in [-0.2, -0.15) is 0 Å². The van der Waals surface area contributed by atoms with E-state index in [0.717, 1.165) is 28.9 Å². The van der Waals surface area contributed by atoms with Crippen LogP contribution in [-0.4, -0.2) is 36.2 Å². The van der Waals surface area contributed by atoms with Crippen LogP contribution in [-0.2, 0) is 36.9 Å². The Hall–Kier alpha value is -3.35. The third-order valence-electron chi connectivity index (χ3n) is 10.8. The Balaban J connectivity index is 1.39. The van der Waals surface area contributed by atoms with Gasteiger partial charge in [-0.25, -0.2) is 4.79 Å². The first kappa shape index (κ1) is 27.5. The van der Waals surface area contributed by atoms with E-state index in [-0.39, 0.29) is 12.0 Å². The summed E-state index contributed by atoms with van der Waals surface area (Å²) in [5.74, 6) is 0.453. The first-order chi connectivity index (χ1) is 20.1. The molecule has 0 amide bonds. The number of carbonyl (C=O) groups is 1. The highest BCUT2D eigenvalue weighted by molar-refractivity contribution is 5.66. The normalized spacial score (nSPS) is 36.1. The predicted molar refractivity (Wildman–Crippen MR) is 158 cm³/mol. The number of fused-ring (bicyclic) bond motifs is 5. The minimum absolute atomic E-state index is 0.300. The maximum atomic E-state index is 13.2. The van der Waals surface area contributed by atoms with Crippen molar-refractivity contribution < 1.29 is 28.5 Å². The van der Waals surface area contributed by atoms with Gasteiger partial charge in [-0.15, -0.1) is 0 Å². The minimum atomic E-state index is -0.876. The van der Waals surface area contributed by atoms with E-state index >= 15 is 0 Å². The molecule has 42 heavy (non-hydrogen) atoms. The van der Waals surface area contributed by atoms with Gasteiger partial charge in [0.15, 0.2) is 17.3 Å². The topological polar surface area (TPSA) is 63.2 Å². The molecule has 2 saturated heterocycles. The fraction of sp³-hybridized carbons (Fsp3) is 0.472. The first-order valence-corrected chi connectivity index (χ1v) is 15.1. The molecule has 1 saturated carbocycles. The smallest absolute Gasteiger partial charge is 0.491 e. The van der Waals surface area contributed by atoms with Crippen LogP contribution in [0.2, 0.25) is 0 Å². The number of hydrogen-bond donors (Lipinski definition) is 0. The van der Waals surface area contributed by atoms with Gasteiger partial charge >= 0.3 is 6.16 Å². The highest BCUT2D eigenvalue weighted by Gasteiger charge is 2.76. The van der Waals surface area contributed by atoms with Crippen LogP contribution in [0, 0.1) is 16.7 Å². The van der Waals surface area contributed by atoms with E-state index in [1.807, 2.05) is 36.4 Å². The van der Waals surface area contributed by atoms with E-state index in [9.17, 15) is 4.79 Å². The van der Waals surface area contributed by atoms with Crippen LogP contribution in [0.3, 0.4) is 0 Å². The molecule has 6 nitrogen and oxygen atoms in total. The zero-order chi connectivity index (χ0) is 29.3. The van der Waals surface area contributed by atoms with Crippen molar-refractivity contribution in [3.05, 3.63) is 107 Å². The lowest BCUT2D eigenvalue weighted by atomic mass is 9.46. The van der Waals surface area contributed by atoms with Gasteiger partial charge in [-0.1, -0.05) is 99.2 Å². The van der Waals surface area contributed by atoms with Gasteiger partial charge in [0.1, 0.15) is 12.4 Å². The van der Waals surface area contributed by atoms with Crippen molar-refractivity contribution in [2.45, 2.75) is 83.6 Å². The molecule has 6 atom stereocenters. The molecule has 2 aliphatic heterocycles. The second-order valence-electron chi connectivity index (χ2n) is 13.5. The molecule has 0 unspecified atom stereocenters. The molecule has 2 aromatic rings. The monoisotopic (exact) mass is 568 g/mol. The molecule has 220 valence electrons. The SMILES string of the molecule is C=C1C[C@]2(C)[C@@H](OCc3ccccc3)C=C3OC[C@@]3(OCc3ccccc3)[C@H]2[C@@H]2OC(=O)O[C@@]23CCC(C)=C1C3(C)C. The third kappa shape index (κ3) is 3.80. The Morgan fingerprint density at radius 3 is 2.29 bits per heavy atom. The largest absolute Gasteiger partial charge is 0.509 e. The maximum Gasteiger partial charge on any atom is 0.509 e. The Labute approximate surface area is 248 Å². The van der Waals surface area contributed by atoms with Crippen LogP contribution >= 0.6 is 0 Å². The average molecular weight is 569 g/mol. The Kier molecular flexibility index (Phi) is 6.27. The van der Waals surface area contributed by atoms with Crippen LogP contribution in [0.15, 0.2) is 95.8 Å². The minimum Gasteiger partial charge on any atom is -0.491 e. The third-order valence-corrected chi connectivity index (χ3v) is 10.8. The van der Waals surface area contributed by atoms with Crippen molar-refractivity contribution in [2.75, 3.05) is 6.61 Å². The van der Waals surface area contributed by atoms with E-state index in [1.54, 1.807) is 0 Å². The lowest BCUT2D eigenvalue weighted by molar-refractivity contribution is -0.272. The molecule has 0 N–H and O–H groups in total. The van der Waals surface area contributed by atoms with Gasteiger partial charge in [0.2, 0.25) is 0 Å². The zero-order valence-corrected chi connectivity index (χ0v) is 25.0. The molecule has 1 spiro atoms. The highest BCUT2D eigenvalue weighted by atomic mass is 16.8. The summed E-state index contributed by atoms with van der Waals surface area (Å²) in [6, 6.07) is 20.4.